The van der Waals surface area contributed by atoms with Crippen LogP contribution in [0, 0.1) is 5.92 Å². The molecule has 0 aromatic carbocycles. The van der Waals surface area contributed by atoms with Gasteiger partial charge in [-0.15, -0.1) is 11.3 Å². The zero-order chi connectivity index (χ0) is 11.4. The van der Waals surface area contributed by atoms with Gasteiger partial charge in [0, 0.05) is 16.4 Å². The SMILES string of the molecule is O[C@H]1CCCC1[C@@H]1c2sccc2-c2cncn21. The number of rotatable bonds is 1. The first-order valence-corrected chi connectivity index (χ1v) is 7.02. The van der Waals surface area contributed by atoms with E-state index in [1.165, 1.54) is 16.1 Å². The van der Waals surface area contributed by atoms with Crippen molar-refractivity contribution in [3.8, 4) is 11.3 Å². The zero-order valence-corrected chi connectivity index (χ0v) is 10.2. The summed E-state index contributed by atoms with van der Waals surface area (Å²) in [5, 5.41) is 12.3. The van der Waals surface area contributed by atoms with Gasteiger partial charge in [-0.3, -0.25) is 0 Å². The molecule has 88 valence electrons. The molecular weight excluding hydrogens is 232 g/mol. The van der Waals surface area contributed by atoms with Crippen LogP contribution >= 0.6 is 11.3 Å². The Hall–Kier alpha value is -1.13. The molecule has 0 radical (unpaired) electrons. The van der Waals surface area contributed by atoms with Gasteiger partial charge in [0.2, 0.25) is 0 Å². The average Bonchev–Trinajstić information content (AvgIpc) is 3.00. The minimum Gasteiger partial charge on any atom is -0.393 e. The molecule has 3 nitrogen and oxygen atoms in total. The predicted octanol–water partition coefficient (Wildman–Crippen LogP) is 2.68. The van der Waals surface area contributed by atoms with Crippen molar-refractivity contribution < 1.29 is 5.11 Å². The van der Waals surface area contributed by atoms with Gasteiger partial charge in [0.15, 0.2) is 0 Å². The van der Waals surface area contributed by atoms with E-state index in [0.717, 1.165) is 19.3 Å². The van der Waals surface area contributed by atoms with Crippen LogP contribution in [-0.4, -0.2) is 20.8 Å². The van der Waals surface area contributed by atoms with Crippen molar-refractivity contribution in [3.05, 3.63) is 28.8 Å². The monoisotopic (exact) mass is 246 g/mol. The Bertz CT molecular complexity index is 519. The van der Waals surface area contributed by atoms with Crippen LogP contribution in [0.2, 0.25) is 0 Å². The molecule has 2 aromatic heterocycles. The van der Waals surface area contributed by atoms with Crippen LogP contribution < -0.4 is 0 Å². The Balaban J connectivity index is 1.87. The van der Waals surface area contributed by atoms with Crippen LogP contribution in [0.3, 0.4) is 0 Å². The molecule has 17 heavy (non-hydrogen) atoms. The number of aromatic nitrogens is 2. The largest absolute Gasteiger partial charge is 0.393 e. The smallest absolute Gasteiger partial charge is 0.0957 e. The summed E-state index contributed by atoms with van der Waals surface area (Å²) in [6.45, 7) is 0. The Morgan fingerprint density at radius 1 is 1.41 bits per heavy atom. The topological polar surface area (TPSA) is 38.1 Å². The van der Waals surface area contributed by atoms with Gasteiger partial charge in [0.1, 0.15) is 0 Å². The van der Waals surface area contributed by atoms with Crippen molar-refractivity contribution in [2.75, 3.05) is 0 Å². The molecule has 1 aliphatic carbocycles. The lowest BCUT2D eigenvalue weighted by Crippen LogP contribution is -2.23. The Kier molecular flexibility index (Phi) is 1.99. The second-order valence-corrected chi connectivity index (χ2v) is 5.94. The fraction of sp³-hybridized carbons (Fsp3) is 0.462. The number of hydrogen-bond acceptors (Lipinski definition) is 3. The summed E-state index contributed by atoms with van der Waals surface area (Å²) >= 11 is 1.81. The van der Waals surface area contributed by atoms with Crippen molar-refractivity contribution in [1.82, 2.24) is 9.55 Å². The Morgan fingerprint density at radius 2 is 2.35 bits per heavy atom. The van der Waals surface area contributed by atoms with E-state index < -0.39 is 0 Å². The summed E-state index contributed by atoms with van der Waals surface area (Å²) in [7, 11) is 0. The number of imidazole rings is 1. The standard InChI is InChI=1S/C13H14N2OS/c16-11-3-1-2-9(11)12-13-8(4-5-17-13)10-6-14-7-15(10)12/h4-7,9,11-12,16H,1-3H2/t9?,11-,12+/m0/s1. The van der Waals surface area contributed by atoms with Crippen molar-refractivity contribution >= 4 is 11.3 Å². The second kappa shape index (κ2) is 3.43. The van der Waals surface area contributed by atoms with Crippen LogP contribution in [-0.2, 0) is 0 Å². The Labute approximate surface area is 104 Å². The number of aliphatic hydroxyl groups is 1. The van der Waals surface area contributed by atoms with Gasteiger partial charge in [0.05, 0.1) is 30.4 Å². The molecule has 1 saturated carbocycles. The van der Waals surface area contributed by atoms with Crippen molar-refractivity contribution in [3.63, 3.8) is 0 Å². The van der Waals surface area contributed by atoms with Gasteiger partial charge in [-0.05, 0) is 24.3 Å². The van der Waals surface area contributed by atoms with Crippen LogP contribution in [0.15, 0.2) is 24.0 Å². The molecule has 2 aliphatic rings. The fourth-order valence-corrected chi connectivity index (χ4v) is 4.44. The normalized spacial score (nSPS) is 30.5. The van der Waals surface area contributed by atoms with E-state index in [0.29, 0.717) is 12.0 Å². The predicted molar refractivity (Wildman–Crippen MR) is 67.0 cm³/mol. The molecule has 1 fully saturated rings. The summed E-state index contributed by atoms with van der Waals surface area (Å²) in [6.07, 6.45) is 6.92. The lowest BCUT2D eigenvalue weighted by molar-refractivity contribution is 0.113. The van der Waals surface area contributed by atoms with E-state index in [1.54, 1.807) is 0 Å². The summed E-state index contributed by atoms with van der Waals surface area (Å²) in [6, 6.07) is 2.49. The van der Waals surface area contributed by atoms with Crippen molar-refractivity contribution in [1.29, 1.82) is 0 Å². The van der Waals surface area contributed by atoms with Gasteiger partial charge in [-0.2, -0.15) is 0 Å². The fourth-order valence-electron chi connectivity index (χ4n) is 3.36. The van der Waals surface area contributed by atoms with E-state index in [2.05, 4.69) is 21.0 Å². The lowest BCUT2D eigenvalue weighted by atomic mass is 9.95. The lowest BCUT2D eigenvalue weighted by Gasteiger charge is -2.23. The number of fused-ring (bicyclic) bond motifs is 3. The molecular formula is C13H14N2OS. The first-order valence-electron chi connectivity index (χ1n) is 6.14. The van der Waals surface area contributed by atoms with Crippen molar-refractivity contribution in [2.24, 2.45) is 5.92 Å². The number of nitrogens with zero attached hydrogens (tertiary/aromatic N) is 2. The second-order valence-electron chi connectivity index (χ2n) is 4.99. The molecule has 1 N–H and O–H groups in total. The minimum absolute atomic E-state index is 0.150. The maximum atomic E-state index is 10.1. The molecule has 1 aliphatic heterocycles. The van der Waals surface area contributed by atoms with Crippen LogP contribution in [0.1, 0.15) is 30.2 Å². The first kappa shape index (κ1) is 9.85. The highest BCUT2D eigenvalue weighted by atomic mass is 32.1. The molecule has 0 spiro atoms. The van der Waals surface area contributed by atoms with Crippen LogP contribution in [0.5, 0.6) is 0 Å². The van der Waals surface area contributed by atoms with Crippen LogP contribution in [0.4, 0.5) is 0 Å². The van der Waals surface area contributed by atoms with Gasteiger partial charge in [-0.1, -0.05) is 6.42 Å². The third-order valence-electron chi connectivity index (χ3n) is 4.14. The van der Waals surface area contributed by atoms with Gasteiger partial charge in [-0.25, -0.2) is 4.98 Å². The molecule has 2 aromatic rings. The Morgan fingerprint density at radius 3 is 3.18 bits per heavy atom. The summed E-state index contributed by atoms with van der Waals surface area (Å²) in [5.74, 6) is 0.364. The maximum absolute atomic E-state index is 10.1. The van der Waals surface area contributed by atoms with Gasteiger partial charge in [0.25, 0.3) is 0 Å². The van der Waals surface area contributed by atoms with E-state index >= 15 is 0 Å². The van der Waals surface area contributed by atoms with E-state index in [-0.39, 0.29) is 6.10 Å². The van der Waals surface area contributed by atoms with Gasteiger partial charge >= 0.3 is 0 Å². The molecule has 3 heterocycles. The van der Waals surface area contributed by atoms with E-state index in [9.17, 15) is 5.11 Å². The average molecular weight is 246 g/mol. The minimum atomic E-state index is -0.150. The molecule has 4 heteroatoms. The quantitative estimate of drug-likeness (QED) is 0.840. The highest BCUT2D eigenvalue weighted by Gasteiger charge is 2.40. The van der Waals surface area contributed by atoms with Crippen LogP contribution in [0.25, 0.3) is 11.3 Å². The van der Waals surface area contributed by atoms with Gasteiger partial charge < -0.3 is 9.67 Å². The highest BCUT2D eigenvalue weighted by Crippen LogP contribution is 2.49. The maximum Gasteiger partial charge on any atom is 0.0957 e. The highest BCUT2D eigenvalue weighted by molar-refractivity contribution is 7.10. The van der Waals surface area contributed by atoms with E-state index in [4.69, 9.17) is 0 Å². The third kappa shape index (κ3) is 1.22. The third-order valence-corrected chi connectivity index (χ3v) is 5.13. The molecule has 0 amide bonds. The summed E-state index contributed by atoms with van der Waals surface area (Å²) in [4.78, 5) is 5.67. The van der Waals surface area contributed by atoms with Crippen molar-refractivity contribution in [2.45, 2.75) is 31.4 Å². The summed E-state index contributed by atoms with van der Waals surface area (Å²) in [5.41, 5.74) is 2.53. The molecule has 4 rings (SSSR count). The first-order chi connectivity index (χ1) is 8.36. The van der Waals surface area contributed by atoms with E-state index in [1.807, 2.05) is 23.9 Å². The number of thiophene rings is 1. The molecule has 0 bridgehead atoms. The molecule has 3 atom stereocenters. The number of hydrogen-bond donors (Lipinski definition) is 1. The molecule has 1 unspecified atom stereocenters. The summed E-state index contributed by atoms with van der Waals surface area (Å²) < 4.78 is 2.25. The zero-order valence-electron chi connectivity index (χ0n) is 9.41. The number of aliphatic hydroxyl groups excluding tert-OH is 1. The molecule has 0 saturated heterocycles.